The van der Waals surface area contributed by atoms with E-state index in [1.807, 2.05) is 18.2 Å². The van der Waals surface area contributed by atoms with Crippen LogP contribution < -0.4 is 20.9 Å². The van der Waals surface area contributed by atoms with E-state index in [0.29, 0.717) is 76.9 Å². The summed E-state index contributed by atoms with van der Waals surface area (Å²) in [5.74, 6) is 3.73. The normalized spacial score (nSPS) is 28.5. The van der Waals surface area contributed by atoms with E-state index < -0.39 is 0 Å². The summed E-state index contributed by atoms with van der Waals surface area (Å²) in [6.07, 6.45) is 2.82. The van der Waals surface area contributed by atoms with Crippen molar-refractivity contribution in [3.05, 3.63) is 64.0 Å². The highest BCUT2D eigenvalue weighted by Crippen LogP contribution is 2.61. The first-order valence-electron chi connectivity index (χ1n) is 19.0. The molecule has 2 aliphatic heterocycles. The molecule has 2 bridgehead atoms. The third-order valence-corrected chi connectivity index (χ3v) is 12.6. The molecule has 0 spiro atoms. The van der Waals surface area contributed by atoms with Crippen molar-refractivity contribution in [1.82, 2.24) is 29.6 Å². The number of benzene rings is 2. The molecule has 10 nitrogen and oxygen atoms in total. The number of halogens is 1. The molecule has 3 saturated carbocycles. The Balaban J connectivity index is 1.21. The van der Waals surface area contributed by atoms with Crippen LogP contribution in [0.3, 0.4) is 0 Å². The van der Waals surface area contributed by atoms with Crippen LogP contribution in [0.25, 0.3) is 10.9 Å². The second-order valence-corrected chi connectivity index (χ2v) is 16.5. The Labute approximate surface area is 302 Å². The second-order valence-electron chi connectivity index (χ2n) is 16.5. The van der Waals surface area contributed by atoms with Gasteiger partial charge >= 0.3 is 0 Å². The van der Waals surface area contributed by atoms with Crippen molar-refractivity contribution in [3.8, 4) is 5.75 Å². The lowest BCUT2D eigenvalue weighted by atomic mass is 9.45. The number of likely N-dealkylation sites (N-methyl/N-ethyl adjacent to an activating group) is 1. The Bertz CT molecular complexity index is 1810. The third kappa shape index (κ3) is 7.39. The molecule has 11 heteroatoms. The van der Waals surface area contributed by atoms with Crippen molar-refractivity contribution in [1.29, 1.82) is 0 Å². The van der Waals surface area contributed by atoms with Crippen LogP contribution in [-0.4, -0.2) is 102 Å². The van der Waals surface area contributed by atoms with Crippen molar-refractivity contribution >= 4 is 22.5 Å². The Morgan fingerprint density at radius 3 is 2.47 bits per heavy atom. The summed E-state index contributed by atoms with van der Waals surface area (Å²) >= 11 is 0. The highest BCUT2D eigenvalue weighted by molar-refractivity contribution is 5.96. The van der Waals surface area contributed by atoms with Crippen LogP contribution in [-0.2, 0) is 19.5 Å². The molecule has 1 aromatic heterocycles. The van der Waals surface area contributed by atoms with Gasteiger partial charge in [-0.05, 0) is 93.2 Å². The first-order valence-corrected chi connectivity index (χ1v) is 19.0. The van der Waals surface area contributed by atoms with Gasteiger partial charge in [-0.15, -0.1) is 0 Å². The van der Waals surface area contributed by atoms with Gasteiger partial charge < -0.3 is 25.2 Å². The zero-order valence-corrected chi connectivity index (χ0v) is 31.6. The van der Waals surface area contributed by atoms with Gasteiger partial charge in [0.25, 0.3) is 5.56 Å². The number of methoxy groups -OCH3 is 1. The summed E-state index contributed by atoms with van der Waals surface area (Å²) in [5.41, 5.74) is 2.39. The van der Waals surface area contributed by atoms with Crippen molar-refractivity contribution in [2.75, 3.05) is 58.7 Å². The van der Waals surface area contributed by atoms with Gasteiger partial charge in [-0.25, -0.2) is 14.4 Å². The van der Waals surface area contributed by atoms with Gasteiger partial charge in [0, 0.05) is 69.7 Å². The Hall–Kier alpha value is -3.54. The highest BCUT2D eigenvalue weighted by atomic mass is 19.1. The number of aromatic nitrogens is 2. The first-order chi connectivity index (χ1) is 24.4. The van der Waals surface area contributed by atoms with Crippen LogP contribution in [0.15, 0.2) is 46.2 Å². The maximum Gasteiger partial charge on any atom is 0.261 e. The van der Waals surface area contributed by atoms with Crippen molar-refractivity contribution < 1.29 is 9.13 Å². The van der Waals surface area contributed by atoms with Crippen LogP contribution >= 0.6 is 0 Å². The number of hydrogen-bond donors (Lipinski definition) is 2. The van der Waals surface area contributed by atoms with Crippen LogP contribution in [0.1, 0.15) is 58.8 Å². The van der Waals surface area contributed by atoms with Crippen LogP contribution in [0.5, 0.6) is 5.75 Å². The van der Waals surface area contributed by atoms with Gasteiger partial charge in [0.2, 0.25) is 0 Å². The molecule has 5 aliphatic rings. The summed E-state index contributed by atoms with van der Waals surface area (Å²) in [6, 6.07) is 11.7. The van der Waals surface area contributed by atoms with Gasteiger partial charge in [-0.2, -0.15) is 0 Å². The van der Waals surface area contributed by atoms with E-state index in [1.165, 1.54) is 19.6 Å². The number of fused-ring (bicyclic) bond motifs is 3. The van der Waals surface area contributed by atoms with Gasteiger partial charge in [0.1, 0.15) is 17.4 Å². The number of aryl methyl sites for hydroxylation is 1. The summed E-state index contributed by atoms with van der Waals surface area (Å²) in [4.78, 5) is 32.0. The average molecular weight is 701 g/mol. The van der Waals surface area contributed by atoms with Crippen LogP contribution in [0, 0.1) is 29.0 Å². The maximum absolute atomic E-state index is 14.9. The van der Waals surface area contributed by atoms with E-state index in [1.54, 1.807) is 16.7 Å². The molecule has 2 saturated heterocycles. The zero-order chi connectivity index (χ0) is 36.0. The summed E-state index contributed by atoms with van der Waals surface area (Å²) in [5, 5.41) is 7.96. The quantitative estimate of drug-likeness (QED) is 0.249. The SMILES string of the molecule is COc1ccc(CCn2c(CN3CCN(C)CC3)nc3cc(N/C(=N/C4C[C@H]5C[C@@H]([C@@H]4C)C5(C)C)N4C[C@@H](C)N[C@@H](C)C4)ccc3c2=O)c(F)c1. The zero-order valence-electron chi connectivity index (χ0n) is 31.6. The Kier molecular flexibility index (Phi) is 10.2. The minimum Gasteiger partial charge on any atom is -0.497 e. The molecule has 51 heavy (non-hydrogen) atoms. The standard InChI is InChI=1S/C40H57FN8O2/c1-25-22-48(23-26(2)42-25)39(45-35-19-29-18-33(27(35)3)40(29,4)5)43-30-9-11-32-36(20-30)44-37(24-47-16-14-46(6)15-17-47)49(38(32)50)13-12-28-8-10-31(51-7)21-34(28)41/h8-11,20-21,25-27,29,33,35,42H,12-19,22-24H2,1-7H3,(H,43,45)/t25-,26+,27-,29+,33-,35?/m0/s1. The smallest absolute Gasteiger partial charge is 0.261 e. The fourth-order valence-electron chi connectivity index (χ4n) is 9.26. The van der Waals surface area contributed by atoms with E-state index in [9.17, 15) is 9.18 Å². The minimum absolute atomic E-state index is 0.0962. The number of guanidine groups is 1. The molecule has 2 N–H and O–H groups in total. The fourth-order valence-corrected chi connectivity index (χ4v) is 9.26. The number of aliphatic imine (C=N–C) groups is 1. The molecule has 8 rings (SSSR count). The largest absolute Gasteiger partial charge is 0.497 e. The van der Waals surface area contributed by atoms with Gasteiger partial charge in [0.05, 0.1) is 30.6 Å². The third-order valence-electron chi connectivity index (χ3n) is 12.6. The summed E-state index contributed by atoms with van der Waals surface area (Å²) in [7, 11) is 3.66. The summed E-state index contributed by atoms with van der Waals surface area (Å²) < 4.78 is 21.9. The molecular formula is C40H57FN8O2. The molecule has 3 aliphatic carbocycles. The van der Waals surface area contributed by atoms with E-state index >= 15 is 0 Å². The van der Waals surface area contributed by atoms with E-state index in [-0.39, 0.29) is 17.4 Å². The molecule has 3 heterocycles. The molecule has 1 unspecified atom stereocenters. The molecule has 5 fully saturated rings. The molecule has 0 radical (unpaired) electrons. The minimum atomic E-state index is -0.332. The topological polar surface area (TPSA) is 90.3 Å². The second kappa shape index (κ2) is 14.5. The van der Waals surface area contributed by atoms with E-state index in [0.717, 1.165) is 63.3 Å². The molecule has 6 atom stereocenters. The molecule has 276 valence electrons. The number of rotatable bonds is 8. The highest BCUT2D eigenvalue weighted by Gasteiger charge is 2.56. The Morgan fingerprint density at radius 2 is 1.80 bits per heavy atom. The first kappa shape index (κ1) is 35.8. The Morgan fingerprint density at radius 1 is 1.06 bits per heavy atom. The van der Waals surface area contributed by atoms with Crippen molar-refractivity contribution in [3.63, 3.8) is 0 Å². The molecular weight excluding hydrogens is 643 g/mol. The van der Waals surface area contributed by atoms with Crippen LogP contribution in [0.2, 0.25) is 0 Å². The fraction of sp³-hybridized carbons (Fsp3) is 0.625. The molecule has 2 aromatic carbocycles. The lowest BCUT2D eigenvalue weighted by molar-refractivity contribution is -0.108. The summed E-state index contributed by atoms with van der Waals surface area (Å²) in [6.45, 7) is 18.1. The van der Waals surface area contributed by atoms with Crippen LogP contribution in [0.4, 0.5) is 10.1 Å². The van der Waals surface area contributed by atoms with Gasteiger partial charge in [0.15, 0.2) is 5.96 Å². The monoisotopic (exact) mass is 700 g/mol. The predicted molar refractivity (Wildman–Crippen MR) is 203 cm³/mol. The predicted octanol–water partition coefficient (Wildman–Crippen LogP) is 5.06. The maximum atomic E-state index is 14.9. The van der Waals surface area contributed by atoms with Gasteiger partial charge in [-0.3, -0.25) is 14.3 Å². The number of nitrogens with one attached hydrogen (secondary N) is 2. The number of ether oxygens (including phenoxy) is 1. The van der Waals surface area contributed by atoms with Gasteiger partial charge in [-0.1, -0.05) is 26.8 Å². The number of anilines is 1. The average Bonchev–Trinajstić information content (AvgIpc) is 3.09. The van der Waals surface area contributed by atoms with E-state index in [4.69, 9.17) is 14.7 Å². The van der Waals surface area contributed by atoms with E-state index in [2.05, 4.69) is 67.0 Å². The molecule has 0 amide bonds. The number of piperazine rings is 2. The van der Waals surface area contributed by atoms with Crippen molar-refractivity contribution in [2.24, 2.45) is 28.2 Å². The lowest BCUT2D eigenvalue weighted by Gasteiger charge is -2.61. The van der Waals surface area contributed by atoms with Crippen molar-refractivity contribution in [2.45, 2.75) is 85.1 Å². The lowest BCUT2D eigenvalue weighted by Crippen LogP contribution is -2.59. The number of hydrogen-bond acceptors (Lipinski definition) is 7. The molecule has 3 aromatic rings. The number of nitrogens with zero attached hydrogens (tertiary/aromatic N) is 6.